The predicted octanol–water partition coefficient (Wildman–Crippen LogP) is 3.22. The molecule has 0 aliphatic heterocycles. The van der Waals surface area contributed by atoms with Gasteiger partial charge in [0.25, 0.3) is 0 Å². The van der Waals surface area contributed by atoms with Crippen LogP contribution in [0.25, 0.3) is 0 Å². The third kappa shape index (κ3) is 6.14. The minimum Gasteiger partial charge on any atom is -0.489 e. The van der Waals surface area contributed by atoms with E-state index in [1.165, 1.54) is 0 Å². The standard InChI is InChI=1S/C20H24N2O4S/c1-4-13-26-19-8-6-7-17(14-19)21-20(23)15-22(27(3,24)25)18-11-9-16(5-2)10-12-18/h4,6-12,14H,1,5,13,15H2,2-3H3,(H,21,23). The number of carbonyl (C=O) groups is 1. The van der Waals surface area contributed by atoms with E-state index < -0.39 is 15.9 Å². The van der Waals surface area contributed by atoms with Crippen molar-refractivity contribution in [3.05, 3.63) is 66.7 Å². The van der Waals surface area contributed by atoms with Gasteiger partial charge in [0.1, 0.15) is 18.9 Å². The normalized spacial score (nSPS) is 10.9. The fourth-order valence-corrected chi connectivity index (χ4v) is 3.30. The van der Waals surface area contributed by atoms with E-state index in [9.17, 15) is 13.2 Å². The number of ether oxygens (including phenoxy) is 1. The zero-order valence-electron chi connectivity index (χ0n) is 15.5. The first-order chi connectivity index (χ1) is 12.8. The summed E-state index contributed by atoms with van der Waals surface area (Å²) in [6.07, 6.45) is 3.56. The molecule has 0 spiro atoms. The summed E-state index contributed by atoms with van der Waals surface area (Å²) in [5, 5.41) is 2.70. The van der Waals surface area contributed by atoms with Crippen LogP contribution >= 0.6 is 0 Å². The van der Waals surface area contributed by atoms with Gasteiger partial charge in [-0.25, -0.2) is 8.42 Å². The second-order valence-electron chi connectivity index (χ2n) is 5.97. The summed E-state index contributed by atoms with van der Waals surface area (Å²) < 4.78 is 30.8. The van der Waals surface area contributed by atoms with E-state index in [2.05, 4.69) is 11.9 Å². The highest BCUT2D eigenvalue weighted by Crippen LogP contribution is 2.20. The van der Waals surface area contributed by atoms with Gasteiger partial charge in [-0.2, -0.15) is 0 Å². The van der Waals surface area contributed by atoms with Gasteiger partial charge in [0.2, 0.25) is 15.9 Å². The van der Waals surface area contributed by atoms with Crippen LogP contribution in [0.5, 0.6) is 5.75 Å². The van der Waals surface area contributed by atoms with E-state index in [4.69, 9.17) is 4.74 Å². The minimum atomic E-state index is -3.61. The van der Waals surface area contributed by atoms with Crippen LogP contribution < -0.4 is 14.4 Å². The lowest BCUT2D eigenvalue weighted by molar-refractivity contribution is -0.114. The average molecular weight is 388 g/mol. The summed E-state index contributed by atoms with van der Waals surface area (Å²) in [6.45, 7) is 5.64. The van der Waals surface area contributed by atoms with Crippen molar-refractivity contribution in [2.45, 2.75) is 13.3 Å². The van der Waals surface area contributed by atoms with Gasteiger partial charge in [0, 0.05) is 11.8 Å². The Morgan fingerprint density at radius 3 is 2.52 bits per heavy atom. The number of nitrogens with one attached hydrogen (secondary N) is 1. The van der Waals surface area contributed by atoms with E-state index in [-0.39, 0.29) is 6.54 Å². The Balaban J connectivity index is 2.13. The first-order valence-corrected chi connectivity index (χ1v) is 10.4. The Kier molecular flexibility index (Phi) is 7.01. The molecule has 2 aromatic carbocycles. The molecule has 1 N–H and O–H groups in total. The molecule has 0 fully saturated rings. The SMILES string of the molecule is C=CCOc1cccc(NC(=O)CN(c2ccc(CC)cc2)S(C)(=O)=O)c1. The van der Waals surface area contributed by atoms with E-state index in [1.54, 1.807) is 42.5 Å². The van der Waals surface area contributed by atoms with E-state index in [0.29, 0.717) is 23.7 Å². The van der Waals surface area contributed by atoms with Crippen LogP contribution in [0.15, 0.2) is 61.2 Å². The number of rotatable bonds is 9. The van der Waals surface area contributed by atoms with Gasteiger partial charge >= 0.3 is 0 Å². The number of benzene rings is 2. The molecule has 6 nitrogen and oxygen atoms in total. The van der Waals surface area contributed by atoms with Crippen molar-refractivity contribution in [1.29, 1.82) is 0 Å². The zero-order valence-corrected chi connectivity index (χ0v) is 16.3. The maximum atomic E-state index is 12.4. The molecular formula is C20H24N2O4S. The summed E-state index contributed by atoms with van der Waals surface area (Å²) in [7, 11) is -3.61. The lowest BCUT2D eigenvalue weighted by atomic mass is 10.1. The number of carbonyl (C=O) groups excluding carboxylic acids is 1. The molecule has 27 heavy (non-hydrogen) atoms. The third-order valence-corrected chi connectivity index (χ3v) is 4.95. The Morgan fingerprint density at radius 1 is 1.22 bits per heavy atom. The number of anilines is 2. The first-order valence-electron chi connectivity index (χ1n) is 8.53. The van der Waals surface area contributed by atoms with Crippen molar-refractivity contribution >= 4 is 27.3 Å². The second kappa shape index (κ2) is 9.23. The van der Waals surface area contributed by atoms with Crippen molar-refractivity contribution in [2.75, 3.05) is 29.0 Å². The van der Waals surface area contributed by atoms with Gasteiger partial charge in [-0.15, -0.1) is 0 Å². The minimum absolute atomic E-state index is 0.317. The highest BCUT2D eigenvalue weighted by molar-refractivity contribution is 7.92. The maximum Gasteiger partial charge on any atom is 0.245 e. The number of hydrogen-bond donors (Lipinski definition) is 1. The van der Waals surface area contributed by atoms with E-state index >= 15 is 0 Å². The lowest BCUT2D eigenvalue weighted by Crippen LogP contribution is -2.37. The lowest BCUT2D eigenvalue weighted by Gasteiger charge is -2.22. The van der Waals surface area contributed by atoms with Crippen LogP contribution in [0.1, 0.15) is 12.5 Å². The summed E-state index contributed by atoms with van der Waals surface area (Å²) in [5.74, 6) is 0.142. The van der Waals surface area contributed by atoms with Gasteiger partial charge in [0.05, 0.1) is 11.9 Å². The molecule has 2 aromatic rings. The number of amides is 1. The molecular weight excluding hydrogens is 364 g/mol. The molecule has 0 atom stereocenters. The van der Waals surface area contributed by atoms with Crippen molar-refractivity contribution in [3.63, 3.8) is 0 Å². The molecule has 2 rings (SSSR count). The van der Waals surface area contributed by atoms with Gasteiger partial charge in [-0.05, 0) is 36.2 Å². The van der Waals surface area contributed by atoms with E-state index in [0.717, 1.165) is 22.5 Å². The molecule has 0 aliphatic carbocycles. The molecule has 7 heteroatoms. The second-order valence-corrected chi connectivity index (χ2v) is 7.87. The summed E-state index contributed by atoms with van der Waals surface area (Å²) in [6, 6.07) is 14.0. The molecule has 0 heterocycles. The van der Waals surface area contributed by atoms with Crippen LogP contribution in [0.2, 0.25) is 0 Å². The molecule has 0 saturated heterocycles. The van der Waals surface area contributed by atoms with E-state index in [1.807, 2.05) is 19.1 Å². The van der Waals surface area contributed by atoms with Gasteiger partial charge < -0.3 is 10.1 Å². The van der Waals surface area contributed by atoms with Gasteiger partial charge in [0.15, 0.2) is 0 Å². The number of sulfonamides is 1. The summed E-state index contributed by atoms with van der Waals surface area (Å²) in [5.41, 5.74) is 2.07. The molecule has 144 valence electrons. The fourth-order valence-electron chi connectivity index (χ4n) is 2.45. The molecule has 0 aliphatic rings. The van der Waals surface area contributed by atoms with Crippen LogP contribution in [0.4, 0.5) is 11.4 Å². The number of aryl methyl sites for hydroxylation is 1. The highest BCUT2D eigenvalue weighted by Gasteiger charge is 2.21. The maximum absolute atomic E-state index is 12.4. The Bertz CT molecular complexity index is 892. The Morgan fingerprint density at radius 2 is 1.93 bits per heavy atom. The van der Waals surface area contributed by atoms with Crippen LogP contribution in [0, 0.1) is 0 Å². The molecule has 0 aromatic heterocycles. The van der Waals surface area contributed by atoms with Gasteiger partial charge in [-0.3, -0.25) is 9.10 Å². The topological polar surface area (TPSA) is 75.7 Å². The molecule has 0 radical (unpaired) electrons. The molecule has 1 amide bonds. The average Bonchev–Trinajstić information content (AvgIpc) is 2.64. The van der Waals surface area contributed by atoms with Crippen molar-refractivity contribution < 1.29 is 17.9 Å². The van der Waals surface area contributed by atoms with Crippen LogP contribution in [-0.4, -0.2) is 33.7 Å². The van der Waals surface area contributed by atoms with Crippen LogP contribution in [0.3, 0.4) is 0 Å². The fraction of sp³-hybridized carbons (Fsp3) is 0.250. The molecule has 0 saturated carbocycles. The molecule has 0 unspecified atom stereocenters. The number of nitrogens with zero attached hydrogens (tertiary/aromatic N) is 1. The summed E-state index contributed by atoms with van der Waals surface area (Å²) >= 11 is 0. The third-order valence-electron chi connectivity index (χ3n) is 3.81. The Hall–Kier alpha value is -2.80. The number of hydrogen-bond acceptors (Lipinski definition) is 4. The Labute approximate surface area is 160 Å². The zero-order chi connectivity index (χ0) is 19.9. The van der Waals surface area contributed by atoms with Crippen molar-refractivity contribution in [2.24, 2.45) is 0 Å². The van der Waals surface area contributed by atoms with Crippen molar-refractivity contribution in [1.82, 2.24) is 0 Å². The monoisotopic (exact) mass is 388 g/mol. The van der Waals surface area contributed by atoms with Crippen LogP contribution in [-0.2, 0) is 21.2 Å². The molecule has 0 bridgehead atoms. The largest absolute Gasteiger partial charge is 0.489 e. The highest BCUT2D eigenvalue weighted by atomic mass is 32.2. The van der Waals surface area contributed by atoms with Gasteiger partial charge in [-0.1, -0.05) is 37.8 Å². The predicted molar refractivity (Wildman–Crippen MR) is 109 cm³/mol. The van der Waals surface area contributed by atoms with Crippen molar-refractivity contribution in [3.8, 4) is 5.75 Å². The smallest absolute Gasteiger partial charge is 0.245 e. The first kappa shape index (κ1) is 20.5. The summed E-state index contributed by atoms with van der Waals surface area (Å²) in [4.78, 5) is 12.4. The quantitative estimate of drug-likeness (QED) is 0.669.